The molecule has 196 valence electrons. The highest BCUT2D eigenvalue weighted by Crippen LogP contribution is 2.33. The summed E-state index contributed by atoms with van der Waals surface area (Å²) in [6, 6.07) is 10.2. The van der Waals surface area contributed by atoms with Crippen molar-refractivity contribution in [2.75, 3.05) is 0 Å². The fraction of sp³-hybridized carbons (Fsp3) is 0.154. The minimum atomic E-state index is -4.79. The van der Waals surface area contributed by atoms with Gasteiger partial charge in [-0.15, -0.1) is 0 Å². The number of allylic oxidation sites excluding steroid dienone is 1. The number of hydrogen-bond donors (Lipinski definition) is 1. The first kappa shape index (κ1) is 26.8. The van der Waals surface area contributed by atoms with Crippen LogP contribution in [0.5, 0.6) is 5.75 Å². The normalized spacial score (nSPS) is 12.4. The SMILES string of the molecule is Cc1cc(N=C/C(F)=C\N)c2cccc(OCc3c(Cl)ccnc3Cn3cccc(C(F)(F)F)c3=O)c2n1. The molecule has 3 aromatic heterocycles. The van der Waals surface area contributed by atoms with E-state index in [4.69, 9.17) is 22.1 Å². The Labute approximate surface area is 218 Å². The first-order chi connectivity index (χ1) is 18.1. The number of ether oxygens (including phenoxy) is 1. The van der Waals surface area contributed by atoms with Gasteiger partial charge in [-0.2, -0.15) is 13.2 Å². The van der Waals surface area contributed by atoms with Crippen LogP contribution in [0.3, 0.4) is 0 Å². The van der Waals surface area contributed by atoms with Crippen LogP contribution in [0.1, 0.15) is 22.5 Å². The van der Waals surface area contributed by atoms with Gasteiger partial charge in [0.15, 0.2) is 5.83 Å². The molecule has 0 aliphatic rings. The number of aryl methyl sites for hydroxylation is 1. The molecule has 4 aromatic rings. The summed E-state index contributed by atoms with van der Waals surface area (Å²) in [5.74, 6) is -0.349. The van der Waals surface area contributed by atoms with Crippen molar-refractivity contribution in [3.8, 4) is 5.75 Å². The molecule has 0 spiro atoms. The number of halogens is 5. The number of fused-ring (bicyclic) bond motifs is 1. The molecule has 2 N–H and O–H groups in total. The smallest absolute Gasteiger partial charge is 0.421 e. The van der Waals surface area contributed by atoms with Crippen LogP contribution in [0.15, 0.2) is 76.7 Å². The number of nitrogens with two attached hydrogens (primary N) is 1. The molecule has 0 aliphatic heterocycles. The van der Waals surface area contributed by atoms with Crippen LogP contribution in [-0.2, 0) is 19.3 Å². The summed E-state index contributed by atoms with van der Waals surface area (Å²) in [6.45, 7) is 1.37. The Hall–Kier alpha value is -4.25. The number of nitrogens with zero attached hydrogens (tertiary/aromatic N) is 4. The van der Waals surface area contributed by atoms with Crippen LogP contribution >= 0.6 is 11.6 Å². The van der Waals surface area contributed by atoms with E-state index < -0.39 is 23.1 Å². The van der Waals surface area contributed by atoms with Crippen molar-refractivity contribution in [2.24, 2.45) is 10.7 Å². The first-order valence-electron chi connectivity index (χ1n) is 11.1. The molecule has 12 heteroatoms. The van der Waals surface area contributed by atoms with Gasteiger partial charge in [-0.3, -0.25) is 14.8 Å². The number of pyridine rings is 3. The third-order valence-electron chi connectivity index (χ3n) is 5.50. The quantitative estimate of drug-likeness (QED) is 0.231. The molecule has 0 radical (unpaired) electrons. The van der Waals surface area contributed by atoms with Gasteiger partial charge in [0.2, 0.25) is 0 Å². The summed E-state index contributed by atoms with van der Waals surface area (Å²) in [5.41, 5.74) is 4.82. The Balaban J connectivity index is 1.68. The molecule has 7 nitrogen and oxygen atoms in total. The number of aromatic nitrogens is 3. The summed E-state index contributed by atoms with van der Waals surface area (Å²) in [6.07, 6.45) is -0.381. The van der Waals surface area contributed by atoms with Crippen molar-refractivity contribution in [1.29, 1.82) is 0 Å². The van der Waals surface area contributed by atoms with E-state index in [1.807, 2.05) is 0 Å². The Morgan fingerprint density at radius 3 is 2.76 bits per heavy atom. The Kier molecular flexibility index (Phi) is 7.77. The molecular weight excluding hydrogens is 526 g/mol. The molecule has 0 bridgehead atoms. The molecular formula is C26H20ClF4N5O2. The molecule has 3 heterocycles. The van der Waals surface area contributed by atoms with Gasteiger partial charge in [0.05, 0.1) is 29.2 Å². The highest BCUT2D eigenvalue weighted by atomic mass is 35.5. The zero-order valence-electron chi connectivity index (χ0n) is 19.8. The molecule has 4 rings (SSSR count). The van der Waals surface area contributed by atoms with Gasteiger partial charge in [0.1, 0.15) is 23.4 Å². The largest absolute Gasteiger partial charge is 0.486 e. The first-order valence-corrected chi connectivity index (χ1v) is 11.5. The minimum Gasteiger partial charge on any atom is -0.486 e. The van der Waals surface area contributed by atoms with Crippen LogP contribution < -0.4 is 16.0 Å². The van der Waals surface area contributed by atoms with Crippen LogP contribution in [0, 0.1) is 6.92 Å². The van der Waals surface area contributed by atoms with Crippen molar-refractivity contribution in [2.45, 2.75) is 26.3 Å². The molecule has 0 unspecified atom stereocenters. The predicted molar refractivity (Wildman–Crippen MR) is 136 cm³/mol. The summed E-state index contributed by atoms with van der Waals surface area (Å²) >= 11 is 6.39. The van der Waals surface area contributed by atoms with Crippen molar-refractivity contribution in [3.05, 3.63) is 105 Å². The zero-order chi connectivity index (χ0) is 27.4. The fourth-order valence-electron chi connectivity index (χ4n) is 3.71. The Morgan fingerprint density at radius 2 is 2.03 bits per heavy atom. The van der Waals surface area contributed by atoms with E-state index in [1.165, 1.54) is 18.5 Å². The lowest BCUT2D eigenvalue weighted by molar-refractivity contribution is -0.138. The number of benzene rings is 1. The molecule has 0 amide bonds. The second-order valence-corrected chi connectivity index (χ2v) is 8.51. The van der Waals surface area contributed by atoms with Crippen molar-refractivity contribution in [1.82, 2.24) is 14.5 Å². The van der Waals surface area contributed by atoms with E-state index in [9.17, 15) is 22.4 Å². The van der Waals surface area contributed by atoms with Gasteiger partial charge < -0.3 is 15.0 Å². The minimum absolute atomic E-state index is 0.117. The van der Waals surface area contributed by atoms with E-state index in [0.717, 1.165) is 29.1 Å². The average molecular weight is 546 g/mol. The van der Waals surface area contributed by atoms with Gasteiger partial charge in [-0.1, -0.05) is 23.7 Å². The number of hydrogen-bond acceptors (Lipinski definition) is 6. The van der Waals surface area contributed by atoms with Crippen LogP contribution in [0.2, 0.25) is 5.02 Å². The second kappa shape index (κ2) is 11.0. The molecule has 0 saturated heterocycles. The zero-order valence-corrected chi connectivity index (χ0v) is 20.6. The highest BCUT2D eigenvalue weighted by Gasteiger charge is 2.34. The van der Waals surface area contributed by atoms with Crippen LogP contribution in [0.25, 0.3) is 10.9 Å². The number of aliphatic imine (C=N–C) groups is 1. The molecule has 0 fully saturated rings. The topological polar surface area (TPSA) is 95.4 Å². The van der Waals surface area contributed by atoms with E-state index in [2.05, 4.69) is 15.0 Å². The summed E-state index contributed by atoms with van der Waals surface area (Å²) in [5, 5.41) is 0.843. The third-order valence-corrected chi connectivity index (χ3v) is 5.85. The van der Waals surface area contributed by atoms with Gasteiger partial charge >= 0.3 is 6.18 Å². The highest BCUT2D eigenvalue weighted by molar-refractivity contribution is 6.31. The molecule has 1 aromatic carbocycles. The summed E-state index contributed by atoms with van der Waals surface area (Å²) in [7, 11) is 0. The molecule has 0 saturated carbocycles. The molecule has 38 heavy (non-hydrogen) atoms. The fourth-order valence-corrected chi connectivity index (χ4v) is 3.93. The summed E-state index contributed by atoms with van der Waals surface area (Å²) in [4.78, 5) is 25.3. The van der Waals surface area contributed by atoms with Gasteiger partial charge in [-0.05, 0) is 37.3 Å². The number of para-hydroxylation sites is 1. The second-order valence-electron chi connectivity index (χ2n) is 8.10. The van der Waals surface area contributed by atoms with E-state index in [0.29, 0.717) is 33.6 Å². The maximum Gasteiger partial charge on any atom is 0.421 e. The van der Waals surface area contributed by atoms with Gasteiger partial charge in [0, 0.05) is 35.2 Å². The maximum atomic E-state index is 13.5. The lowest BCUT2D eigenvalue weighted by Gasteiger charge is -2.15. The van der Waals surface area contributed by atoms with Crippen molar-refractivity contribution >= 4 is 34.4 Å². The van der Waals surface area contributed by atoms with E-state index in [1.54, 1.807) is 31.2 Å². The van der Waals surface area contributed by atoms with Crippen LogP contribution in [-0.4, -0.2) is 20.7 Å². The maximum absolute atomic E-state index is 13.5. The molecule has 0 aliphatic carbocycles. The van der Waals surface area contributed by atoms with Crippen molar-refractivity contribution in [3.63, 3.8) is 0 Å². The third kappa shape index (κ3) is 5.83. The number of alkyl halides is 3. The average Bonchev–Trinajstić information content (AvgIpc) is 2.87. The van der Waals surface area contributed by atoms with Gasteiger partial charge in [-0.25, -0.2) is 9.37 Å². The lowest BCUT2D eigenvalue weighted by atomic mass is 10.1. The Morgan fingerprint density at radius 1 is 1.24 bits per heavy atom. The molecule has 0 atom stereocenters. The standard InChI is InChI=1S/C26H20ClF4N5O2/c1-15-10-21(34-12-16(28)11-32)17-4-2-6-23(24(17)35-15)38-14-18-20(27)7-8-33-22(18)13-36-9-3-5-19(25(36)37)26(29,30)31/h2-12H,13-14,32H2,1H3/b16-11+,34-12?. The Bertz CT molecular complexity index is 1620. The predicted octanol–water partition coefficient (Wildman–Crippen LogP) is 5.87. The van der Waals surface area contributed by atoms with E-state index >= 15 is 0 Å². The van der Waals surface area contributed by atoms with Crippen molar-refractivity contribution < 1.29 is 22.3 Å². The lowest BCUT2D eigenvalue weighted by Crippen LogP contribution is -2.28. The number of rotatable bonds is 7. The monoisotopic (exact) mass is 545 g/mol. The summed E-state index contributed by atoms with van der Waals surface area (Å²) < 4.78 is 60.0. The van der Waals surface area contributed by atoms with Crippen LogP contribution in [0.4, 0.5) is 23.2 Å². The van der Waals surface area contributed by atoms with E-state index in [-0.39, 0.29) is 23.9 Å². The van der Waals surface area contributed by atoms with Gasteiger partial charge in [0.25, 0.3) is 5.56 Å².